The van der Waals surface area contributed by atoms with Gasteiger partial charge in [-0.1, -0.05) is 30.3 Å². The number of H-pyrrole nitrogens is 1. The summed E-state index contributed by atoms with van der Waals surface area (Å²) >= 11 is 1.12. The van der Waals surface area contributed by atoms with Crippen LogP contribution in [-0.4, -0.2) is 32.1 Å². The Bertz CT molecular complexity index is 1060. The van der Waals surface area contributed by atoms with Crippen molar-refractivity contribution in [2.24, 2.45) is 5.73 Å². The minimum atomic E-state index is -1.55. The molecule has 3 rings (SSSR count). The molecule has 1 aromatic carbocycles. The van der Waals surface area contributed by atoms with Crippen LogP contribution in [0.1, 0.15) is 22.1 Å². The first kappa shape index (κ1) is 18.3. The van der Waals surface area contributed by atoms with Crippen molar-refractivity contribution in [3.8, 4) is 16.5 Å². The van der Waals surface area contributed by atoms with Gasteiger partial charge in [-0.05, 0) is 17.0 Å². The molecule has 6 N–H and O–H groups in total. The molecule has 0 saturated heterocycles. The first-order valence-corrected chi connectivity index (χ1v) is 8.52. The number of rotatable bonds is 5. The second kappa shape index (κ2) is 7.40. The van der Waals surface area contributed by atoms with Crippen molar-refractivity contribution < 1.29 is 19.8 Å². The summed E-state index contributed by atoms with van der Waals surface area (Å²) < 4.78 is 0. The fourth-order valence-corrected chi connectivity index (χ4v) is 3.13. The first-order chi connectivity index (χ1) is 12.9. The molecule has 0 saturated carbocycles. The molecule has 0 unspecified atom stereocenters. The lowest BCUT2D eigenvalue weighted by Crippen LogP contribution is -2.27. The van der Waals surface area contributed by atoms with Crippen LogP contribution in [0.2, 0.25) is 0 Å². The molecule has 1 amide bonds. The van der Waals surface area contributed by atoms with Crippen LogP contribution in [0.5, 0.6) is 5.75 Å². The van der Waals surface area contributed by atoms with Gasteiger partial charge in [-0.3, -0.25) is 9.59 Å². The highest BCUT2D eigenvalue weighted by molar-refractivity contribution is 7.14. The number of carbonyl (C=O) groups is 2. The summed E-state index contributed by atoms with van der Waals surface area (Å²) in [5, 5.41) is 22.9. The maximum absolute atomic E-state index is 12.4. The van der Waals surface area contributed by atoms with E-state index in [2.05, 4.69) is 15.3 Å². The Labute approximate surface area is 156 Å². The zero-order valence-corrected chi connectivity index (χ0v) is 14.5. The van der Waals surface area contributed by atoms with Gasteiger partial charge in [0.1, 0.15) is 6.04 Å². The Balaban J connectivity index is 1.92. The van der Waals surface area contributed by atoms with Crippen LogP contribution < -0.4 is 16.6 Å². The van der Waals surface area contributed by atoms with Crippen molar-refractivity contribution >= 4 is 28.9 Å². The Kier molecular flexibility index (Phi) is 5.01. The van der Waals surface area contributed by atoms with E-state index in [-0.39, 0.29) is 5.82 Å². The molecule has 0 fully saturated rings. The first-order valence-electron chi connectivity index (χ1n) is 7.64. The predicted octanol–water partition coefficient (Wildman–Crippen LogP) is 1.54. The van der Waals surface area contributed by atoms with Gasteiger partial charge < -0.3 is 26.2 Å². The SMILES string of the molecule is N[C@H](C(=O)Nc1ccsc1-c1nc(C(=O)O)c(O)c(=O)[nH]1)c1ccccc1. The monoisotopic (exact) mass is 386 g/mol. The summed E-state index contributed by atoms with van der Waals surface area (Å²) in [5.41, 5.74) is 5.11. The molecule has 2 aromatic heterocycles. The van der Waals surface area contributed by atoms with Crippen molar-refractivity contribution in [3.05, 3.63) is 63.4 Å². The number of aromatic amines is 1. The molecule has 0 radical (unpaired) electrons. The van der Waals surface area contributed by atoms with Crippen LogP contribution in [-0.2, 0) is 4.79 Å². The molecule has 27 heavy (non-hydrogen) atoms. The fraction of sp³-hybridized carbons (Fsp3) is 0.0588. The molecule has 0 aliphatic rings. The summed E-state index contributed by atoms with van der Waals surface area (Å²) in [6, 6.07) is 9.42. The number of aromatic carboxylic acids is 1. The standard InChI is InChI=1S/C17H14N4O5S/c18-10(8-4-2-1-3-5-8)15(23)19-9-6-7-27-13(9)14-20-11(17(25)26)12(22)16(24)21-14/h1-7,10,22H,18H2,(H,19,23)(H,25,26)(H,20,21,24)/t10-/m0/s1. The number of aromatic hydroxyl groups is 1. The van der Waals surface area contributed by atoms with E-state index in [0.717, 1.165) is 11.3 Å². The number of nitrogens with one attached hydrogen (secondary N) is 2. The molecule has 2 heterocycles. The smallest absolute Gasteiger partial charge is 0.358 e. The van der Waals surface area contributed by atoms with Crippen LogP contribution >= 0.6 is 11.3 Å². The number of aromatic nitrogens is 2. The van der Waals surface area contributed by atoms with Gasteiger partial charge in [-0.25, -0.2) is 9.78 Å². The third-order valence-corrected chi connectivity index (χ3v) is 4.60. The van der Waals surface area contributed by atoms with Crippen LogP contribution in [0.15, 0.2) is 46.6 Å². The van der Waals surface area contributed by atoms with Crippen molar-refractivity contribution in [1.82, 2.24) is 9.97 Å². The summed E-state index contributed by atoms with van der Waals surface area (Å²) in [4.78, 5) is 41.7. The third kappa shape index (κ3) is 3.71. The molecular weight excluding hydrogens is 372 g/mol. The van der Waals surface area contributed by atoms with Gasteiger partial charge >= 0.3 is 5.97 Å². The lowest BCUT2D eigenvalue weighted by Gasteiger charge is -2.13. The third-order valence-electron chi connectivity index (χ3n) is 3.68. The summed E-state index contributed by atoms with van der Waals surface area (Å²) in [7, 11) is 0. The van der Waals surface area contributed by atoms with E-state index >= 15 is 0 Å². The highest BCUT2D eigenvalue weighted by Crippen LogP contribution is 2.32. The van der Waals surface area contributed by atoms with Crippen LogP contribution in [0.25, 0.3) is 10.7 Å². The van der Waals surface area contributed by atoms with Gasteiger partial charge in [0.25, 0.3) is 5.56 Å². The molecule has 3 aromatic rings. The average Bonchev–Trinajstić information content (AvgIpc) is 3.11. The Hall–Kier alpha value is -3.50. The quantitative estimate of drug-likeness (QED) is 0.445. The van der Waals surface area contributed by atoms with E-state index < -0.39 is 34.9 Å². The van der Waals surface area contributed by atoms with Gasteiger partial charge in [0, 0.05) is 0 Å². The molecular formula is C17H14N4O5S. The average molecular weight is 386 g/mol. The largest absolute Gasteiger partial charge is 0.501 e. The lowest BCUT2D eigenvalue weighted by atomic mass is 10.1. The number of benzene rings is 1. The lowest BCUT2D eigenvalue weighted by molar-refractivity contribution is -0.117. The van der Waals surface area contributed by atoms with E-state index in [1.54, 1.807) is 41.8 Å². The number of hydrogen-bond donors (Lipinski definition) is 5. The predicted molar refractivity (Wildman–Crippen MR) is 98.8 cm³/mol. The van der Waals surface area contributed by atoms with Crippen molar-refractivity contribution in [1.29, 1.82) is 0 Å². The Morgan fingerprint density at radius 1 is 1.22 bits per heavy atom. The van der Waals surface area contributed by atoms with Crippen LogP contribution in [0.3, 0.4) is 0 Å². The summed E-state index contributed by atoms with van der Waals surface area (Å²) in [5.74, 6) is -3.11. The van der Waals surface area contributed by atoms with E-state index in [9.17, 15) is 19.5 Å². The zero-order valence-electron chi connectivity index (χ0n) is 13.7. The number of carboxylic acids is 1. The van der Waals surface area contributed by atoms with E-state index in [0.29, 0.717) is 16.1 Å². The number of carboxylic acid groups (broad SMARTS) is 1. The molecule has 138 valence electrons. The number of nitrogens with two attached hydrogens (primary N) is 1. The summed E-state index contributed by atoms with van der Waals surface area (Å²) in [6.07, 6.45) is 0. The zero-order chi connectivity index (χ0) is 19.6. The van der Waals surface area contributed by atoms with Gasteiger partial charge in [-0.15, -0.1) is 11.3 Å². The Morgan fingerprint density at radius 3 is 2.59 bits per heavy atom. The van der Waals surface area contributed by atoms with Crippen molar-refractivity contribution in [2.75, 3.05) is 5.32 Å². The molecule has 10 heteroatoms. The van der Waals surface area contributed by atoms with Gasteiger partial charge in [0.2, 0.25) is 11.7 Å². The number of nitrogens with zero attached hydrogens (tertiary/aromatic N) is 1. The number of anilines is 1. The molecule has 0 bridgehead atoms. The molecule has 9 nitrogen and oxygen atoms in total. The number of hydrogen-bond acceptors (Lipinski definition) is 7. The number of thiophene rings is 1. The minimum absolute atomic E-state index is 0.0891. The van der Waals surface area contributed by atoms with Crippen molar-refractivity contribution in [2.45, 2.75) is 6.04 Å². The topological polar surface area (TPSA) is 158 Å². The summed E-state index contributed by atoms with van der Waals surface area (Å²) in [6.45, 7) is 0. The second-order valence-electron chi connectivity index (χ2n) is 5.46. The maximum Gasteiger partial charge on any atom is 0.358 e. The van der Waals surface area contributed by atoms with Crippen LogP contribution in [0.4, 0.5) is 5.69 Å². The van der Waals surface area contributed by atoms with Gasteiger partial charge in [-0.2, -0.15) is 0 Å². The molecule has 0 aliphatic heterocycles. The molecule has 1 atom stereocenters. The Morgan fingerprint density at radius 2 is 1.93 bits per heavy atom. The highest BCUT2D eigenvalue weighted by atomic mass is 32.1. The highest BCUT2D eigenvalue weighted by Gasteiger charge is 2.22. The van der Waals surface area contributed by atoms with E-state index in [1.165, 1.54) is 0 Å². The maximum atomic E-state index is 12.4. The molecule has 0 spiro atoms. The van der Waals surface area contributed by atoms with E-state index in [4.69, 9.17) is 10.8 Å². The number of amides is 1. The van der Waals surface area contributed by atoms with E-state index in [1.807, 2.05) is 0 Å². The minimum Gasteiger partial charge on any atom is -0.501 e. The normalized spacial score (nSPS) is 11.7. The van der Waals surface area contributed by atoms with Crippen LogP contribution in [0, 0.1) is 0 Å². The second-order valence-corrected chi connectivity index (χ2v) is 6.37. The fourth-order valence-electron chi connectivity index (χ4n) is 2.34. The van der Waals surface area contributed by atoms with Gasteiger partial charge in [0.05, 0.1) is 10.6 Å². The van der Waals surface area contributed by atoms with Gasteiger partial charge in [0.15, 0.2) is 11.5 Å². The van der Waals surface area contributed by atoms with Crippen molar-refractivity contribution in [3.63, 3.8) is 0 Å². The molecule has 0 aliphatic carbocycles. The number of carbonyl (C=O) groups excluding carboxylic acids is 1.